The zero-order valence-electron chi connectivity index (χ0n) is 11.7. The molecule has 1 aromatic carbocycles. The minimum absolute atomic E-state index is 0.135. The van der Waals surface area contributed by atoms with Crippen molar-refractivity contribution >= 4 is 38.5 Å². The smallest absolute Gasteiger partial charge is 0.227 e. The Kier molecular flexibility index (Phi) is 4.34. The molecule has 0 aliphatic carbocycles. The molecule has 2 rings (SSSR count). The van der Waals surface area contributed by atoms with Gasteiger partial charge in [0, 0.05) is 19.9 Å². The molecule has 0 unspecified atom stereocenters. The van der Waals surface area contributed by atoms with Crippen molar-refractivity contribution in [1.29, 1.82) is 0 Å². The predicted octanol–water partition coefficient (Wildman–Crippen LogP) is 2.38. The van der Waals surface area contributed by atoms with Crippen LogP contribution in [0.3, 0.4) is 0 Å². The van der Waals surface area contributed by atoms with Gasteiger partial charge in [-0.15, -0.1) is 0 Å². The first-order valence-corrected chi connectivity index (χ1v) is 7.20. The molecule has 6 heteroatoms. The number of thiazole rings is 1. The number of carbonyl (C=O) groups excluding carboxylic acids is 2. The molecule has 0 bridgehead atoms. The number of nitrogens with zero attached hydrogens (tertiary/aromatic N) is 1. The van der Waals surface area contributed by atoms with Crippen molar-refractivity contribution < 1.29 is 9.59 Å². The average Bonchev–Trinajstić information content (AvgIpc) is 2.78. The third-order valence-corrected chi connectivity index (χ3v) is 4.02. The van der Waals surface area contributed by atoms with E-state index in [9.17, 15) is 9.59 Å². The number of aromatic nitrogens is 1. The van der Waals surface area contributed by atoms with E-state index < -0.39 is 0 Å². The summed E-state index contributed by atoms with van der Waals surface area (Å²) in [5.74, 6) is -0.280. The van der Waals surface area contributed by atoms with E-state index in [0.717, 1.165) is 21.3 Å². The lowest BCUT2D eigenvalue weighted by Gasteiger charge is -2.01. The van der Waals surface area contributed by atoms with Gasteiger partial charge in [0.25, 0.3) is 0 Å². The molecule has 0 saturated carbocycles. The van der Waals surface area contributed by atoms with E-state index in [2.05, 4.69) is 21.7 Å². The Balaban J connectivity index is 2.07. The zero-order valence-corrected chi connectivity index (χ0v) is 12.6. The van der Waals surface area contributed by atoms with Crippen molar-refractivity contribution in [3.63, 3.8) is 0 Å². The van der Waals surface area contributed by atoms with Gasteiger partial charge in [-0.3, -0.25) is 9.59 Å². The molecule has 20 heavy (non-hydrogen) atoms. The molecule has 0 aliphatic rings. The summed E-state index contributed by atoms with van der Waals surface area (Å²) in [6.45, 7) is 5.80. The van der Waals surface area contributed by atoms with Crippen LogP contribution in [0.1, 0.15) is 24.5 Å². The summed E-state index contributed by atoms with van der Waals surface area (Å²) in [5.41, 5.74) is 3.19. The molecule has 1 aromatic heterocycles. The van der Waals surface area contributed by atoms with Gasteiger partial charge in [0.1, 0.15) is 0 Å². The van der Waals surface area contributed by atoms with E-state index in [1.165, 1.54) is 18.3 Å². The van der Waals surface area contributed by atoms with Gasteiger partial charge in [0.15, 0.2) is 5.13 Å². The minimum atomic E-state index is -0.145. The molecule has 0 spiro atoms. The topological polar surface area (TPSA) is 71.1 Å². The fraction of sp³-hybridized carbons (Fsp3) is 0.357. The van der Waals surface area contributed by atoms with E-state index in [1.54, 1.807) is 0 Å². The molecule has 1 heterocycles. The summed E-state index contributed by atoms with van der Waals surface area (Å²) in [6.07, 6.45) is 0.244. The van der Waals surface area contributed by atoms with E-state index in [1.807, 2.05) is 19.9 Å². The molecule has 2 amide bonds. The summed E-state index contributed by atoms with van der Waals surface area (Å²) in [4.78, 5) is 26.9. The number of benzene rings is 1. The van der Waals surface area contributed by atoms with Gasteiger partial charge in [-0.25, -0.2) is 4.98 Å². The summed E-state index contributed by atoms with van der Waals surface area (Å²) in [7, 11) is 0. The van der Waals surface area contributed by atoms with Crippen LogP contribution >= 0.6 is 11.3 Å². The first-order chi connectivity index (χ1) is 9.47. The Hall–Kier alpha value is -1.95. The highest BCUT2D eigenvalue weighted by atomic mass is 32.1. The van der Waals surface area contributed by atoms with Gasteiger partial charge < -0.3 is 10.6 Å². The van der Waals surface area contributed by atoms with Crippen LogP contribution in [0.15, 0.2) is 12.1 Å². The lowest BCUT2D eigenvalue weighted by atomic mass is 10.1. The fourth-order valence-electron chi connectivity index (χ4n) is 1.85. The highest BCUT2D eigenvalue weighted by molar-refractivity contribution is 7.22. The maximum Gasteiger partial charge on any atom is 0.227 e. The van der Waals surface area contributed by atoms with Crippen molar-refractivity contribution in [2.75, 3.05) is 11.9 Å². The molecule has 0 aliphatic heterocycles. The van der Waals surface area contributed by atoms with Gasteiger partial charge in [0.05, 0.1) is 10.2 Å². The Morgan fingerprint density at radius 3 is 2.60 bits per heavy atom. The first kappa shape index (κ1) is 14.5. The zero-order chi connectivity index (χ0) is 14.7. The second-order valence-electron chi connectivity index (χ2n) is 4.68. The van der Waals surface area contributed by atoms with Crippen molar-refractivity contribution in [3.8, 4) is 0 Å². The third kappa shape index (κ3) is 3.33. The third-order valence-electron chi connectivity index (χ3n) is 2.91. The van der Waals surface area contributed by atoms with Gasteiger partial charge in [0.2, 0.25) is 11.8 Å². The SMILES string of the molecule is CC(=O)NCCC(=O)Nc1nc2c(C)ccc(C)c2s1. The molecule has 2 aromatic rings. The Labute approximate surface area is 121 Å². The van der Waals surface area contributed by atoms with Crippen LogP contribution in [-0.2, 0) is 9.59 Å². The van der Waals surface area contributed by atoms with E-state index in [4.69, 9.17) is 0 Å². The Morgan fingerprint density at radius 1 is 1.25 bits per heavy atom. The first-order valence-electron chi connectivity index (χ1n) is 6.38. The minimum Gasteiger partial charge on any atom is -0.356 e. The van der Waals surface area contributed by atoms with Crippen molar-refractivity contribution in [3.05, 3.63) is 23.3 Å². The number of hydrogen-bond acceptors (Lipinski definition) is 4. The monoisotopic (exact) mass is 291 g/mol. The van der Waals surface area contributed by atoms with E-state index in [0.29, 0.717) is 11.7 Å². The quantitative estimate of drug-likeness (QED) is 0.908. The number of aryl methyl sites for hydroxylation is 2. The van der Waals surface area contributed by atoms with Crippen LogP contribution < -0.4 is 10.6 Å². The average molecular weight is 291 g/mol. The number of carbonyl (C=O) groups is 2. The molecule has 5 nitrogen and oxygen atoms in total. The molecular weight excluding hydrogens is 274 g/mol. The molecule has 106 valence electrons. The highest BCUT2D eigenvalue weighted by Crippen LogP contribution is 2.30. The maximum absolute atomic E-state index is 11.7. The predicted molar refractivity (Wildman–Crippen MR) is 81.0 cm³/mol. The fourth-order valence-corrected chi connectivity index (χ4v) is 2.87. The number of fused-ring (bicyclic) bond motifs is 1. The van der Waals surface area contributed by atoms with Crippen molar-refractivity contribution in [2.45, 2.75) is 27.2 Å². The van der Waals surface area contributed by atoms with Crippen molar-refractivity contribution in [1.82, 2.24) is 10.3 Å². The van der Waals surface area contributed by atoms with Crippen LogP contribution in [0.2, 0.25) is 0 Å². The molecular formula is C14H17N3O2S. The van der Waals surface area contributed by atoms with Crippen LogP contribution in [-0.4, -0.2) is 23.3 Å². The summed E-state index contributed by atoms with van der Waals surface area (Å²) in [5, 5.41) is 5.97. The molecule has 0 saturated heterocycles. The number of amides is 2. The molecule has 0 fully saturated rings. The highest BCUT2D eigenvalue weighted by Gasteiger charge is 2.10. The maximum atomic E-state index is 11.7. The lowest BCUT2D eigenvalue weighted by Crippen LogP contribution is -2.25. The molecule has 2 N–H and O–H groups in total. The summed E-state index contributed by atoms with van der Waals surface area (Å²) < 4.78 is 1.10. The summed E-state index contributed by atoms with van der Waals surface area (Å²) in [6, 6.07) is 4.08. The Morgan fingerprint density at radius 2 is 1.95 bits per heavy atom. The second-order valence-corrected chi connectivity index (χ2v) is 5.68. The van der Waals surface area contributed by atoms with Gasteiger partial charge in [-0.1, -0.05) is 23.5 Å². The summed E-state index contributed by atoms with van der Waals surface area (Å²) >= 11 is 1.48. The van der Waals surface area contributed by atoms with Gasteiger partial charge >= 0.3 is 0 Å². The number of hydrogen-bond donors (Lipinski definition) is 2. The largest absolute Gasteiger partial charge is 0.356 e. The van der Waals surface area contributed by atoms with Crippen LogP contribution in [0.25, 0.3) is 10.2 Å². The van der Waals surface area contributed by atoms with Crippen LogP contribution in [0.4, 0.5) is 5.13 Å². The normalized spacial score (nSPS) is 10.6. The van der Waals surface area contributed by atoms with Crippen LogP contribution in [0.5, 0.6) is 0 Å². The number of anilines is 1. The standard InChI is InChI=1S/C14H17N3O2S/c1-8-4-5-9(2)13-12(8)17-14(20-13)16-11(19)6-7-15-10(3)18/h4-5H,6-7H2,1-3H3,(H,15,18)(H,16,17,19). The van der Waals surface area contributed by atoms with E-state index >= 15 is 0 Å². The number of nitrogens with one attached hydrogen (secondary N) is 2. The lowest BCUT2D eigenvalue weighted by molar-refractivity contribution is -0.119. The van der Waals surface area contributed by atoms with Gasteiger partial charge in [-0.05, 0) is 25.0 Å². The molecule has 0 radical (unpaired) electrons. The van der Waals surface area contributed by atoms with Crippen LogP contribution in [0, 0.1) is 13.8 Å². The number of rotatable bonds is 4. The van der Waals surface area contributed by atoms with Crippen molar-refractivity contribution in [2.24, 2.45) is 0 Å². The Bertz CT molecular complexity index is 625. The van der Waals surface area contributed by atoms with Gasteiger partial charge in [-0.2, -0.15) is 0 Å². The van der Waals surface area contributed by atoms with E-state index in [-0.39, 0.29) is 18.2 Å². The second kappa shape index (κ2) is 6.00. The molecule has 0 atom stereocenters.